The number of hydrogen-bond acceptors (Lipinski definition) is 5. The number of pyridine rings is 1. The monoisotopic (exact) mass is 352 g/mol. The summed E-state index contributed by atoms with van der Waals surface area (Å²) in [5.74, 6) is 1.59. The normalized spacial score (nSPS) is 12.0. The van der Waals surface area contributed by atoms with Crippen molar-refractivity contribution in [1.29, 1.82) is 0 Å². The van der Waals surface area contributed by atoms with E-state index >= 15 is 0 Å². The molecule has 112 valence electrons. The van der Waals surface area contributed by atoms with E-state index in [0.717, 1.165) is 10.0 Å². The summed E-state index contributed by atoms with van der Waals surface area (Å²) in [5.41, 5.74) is 7.31. The lowest BCUT2D eigenvalue weighted by Gasteiger charge is -2.17. The number of aromatic nitrogens is 1. The van der Waals surface area contributed by atoms with Gasteiger partial charge in [-0.2, -0.15) is 0 Å². The molecule has 1 aromatic heterocycles. The molecular formula is C15H17BrN2O3. The number of anilines is 1. The minimum Gasteiger partial charge on any atom is -0.493 e. The van der Waals surface area contributed by atoms with E-state index in [1.54, 1.807) is 38.6 Å². The van der Waals surface area contributed by atoms with Crippen molar-refractivity contribution in [2.45, 2.75) is 12.5 Å². The van der Waals surface area contributed by atoms with E-state index in [2.05, 4.69) is 20.9 Å². The number of hydrogen-bond donors (Lipinski definition) is 2. The number of ether oxygens (including phenoxy) is 2. The van der Waals surface area contributed by atoms with Crippen molar-refractivity contribution in [3.05, 3.63) is 46.1 Å². The lowest BCUT2D eigenvalue weighted by atomic mass is 10.0. The van der Waals surface area contributed by atoms with E-state index < -0.39 is 6.10 Å². The number of methoxy groups -OCH3 is 2. The molecule has 6 heteroatoms. The number of nitrogens with two attached hydrogens (primary N) is 1. The molecular weight excluding hydrogens is 336 g/mol. The predicted octanol–water partition coefficient (Wildman–Crippen LogP) is 2.72. The van der Waals surface area contributed by atoms with Gasteiger partial charge in [-0.25, -0.2) is 4.98 Å². The summed E-state index contributed by atoms with van der Waals surface area (Å²) in [7, 11) is 3.12. The minimum atomic E-state index is -0.731. The number of nitrogen functional groups attached to an aromatic ring is 1. The fourth-order valence-electron chi connectivity index (χ4n) is 2.07. The first-order valence-corrected chi connectivity index (χ1v) is 7.15. The van der Waals surface area contributed by atoms with E-state index in [-0.39, 0.29) is 0 Å². The van der Waals surface area contributed by atoms with Gasteiger partial charge >= 0.3 is 0 Å². The largest absolute Gasteiger partial charge is 0.493 e. The van der Waals surface area contributed by atoms with Gasteiger partial charge in [-0.15, -0.1) is 0 Å². The molecule has 0 aliphatic heterocycles. The molecule has 0 fully saturated rings. The lowest BCUT2D eigenvalue weighted by Crippen LogP contribution is -2.06. The second kappa shape index (κ2) is 6.78. The Morgan fingerprint density at radius 3 is 2.57 bits per heavy atom. The molecule has 0 radical (unpaired) electrons. The third-order valence-electron chi connectivity index (χ3n) is 3.20. The summed E-state index contributed by atoms with van der Waals surface area (Å²) >= 11 is 3.44. The minimum absolute atomic E-state index is 0.369. The molecule has 0 saturated heterocycles. The van der Waals surface area contributed by atoms with Crippen LogP contribution in [0.3, 0.4) is 0 Å². The zero-order valence-electron chi connectivity index (χ0n) is 11.8. The Balaban J connectivity index is 2.31. The van der Waals surface area contributed by atoms with E-state index in [1.165, 1.54) is 0 Å². The van der Waals surface area contributed by atoms with Gasteiger partial charge in [0, 0.05) is 17.1 Å². The maximum Gasteiger partial charge on any atom is 0.161 e. The summed E-state index contributed by atoms with van der Waals surface area (Å²) in [6.45, 7) is 0. The van der Waals surface area contributed by atoms with Crippen LogP contribution in [-0.4, -0.2) is 24.3 Å². The Bertz CT molecular complexity index is 634. The standard InChI is InChI=1S/C15H17BrN2O3/c1-20-13-7-10(11(16)8-14(13)21-2)12(19)6-9-4-3-5-18-15(9)17/h3-5,7-8,12,19H,6H2,1-2H3,(H2,17,18). The molecule has 0 bridgehead atoms. The quantitative estimate of drug-likeness (QED) is 0.864. The first-order chi connectivity index (χ1) is 10.1. The van der Waals surface area contributed by atoms with Gasteiger partial charge in [-0.3, -0.25) is 0 Å². The molecule has 1 heterocycles. The van der Waals surface area contributed by atoms with Crippen molar-refractivity contribution in [1.82, 2.24) is 4.98 Å². The third-order valence-corrected chi connectivity index (χ3v) is 3.89. The van der Waals surface area contributed by atoms with Gasteiger partial charge in [-0.05, 0) is 29.3 Å². The average Bonchev–Trinajstić information content (AvgIpc) is 2.49. The maximum atomic E-state index is 10.5. The molecule has 5 nitrogen and oxygen atoms in total. The van der Waals surface area contributed by atoms with Crippen molar-refractivity contribution >= 4 is 21.7 Å². The summed E-state index contributed by atoms with van der Waals surface area (Å²) in [5, 5.41) is 10.5. The smallest absolute Gasteiger partial charge is 0.161 e. The highest BCUT2D eigenvalue weighted by atomic mass is 79.9. The average molecular weight is 353 g/mol. The summed E-state index contributed by atoms with van der Waals surface area (Å²) in [6, 6.07) is 7.16. The van der Waals surface area contributed by atoms with Crippen LogP contribution in [0.1, 0.15) is 17.2 Å². The zero-order valence-corrected chi connectivity index (χ0v) is 13.4. The summed E-state index contributed by atoms with van der Waals surface area (Å²) < 4.78 is 11.2. The molecule has 2 aromatic rings. The van der Waals surface area contributed by atoms with E-state index in [0.29, 0.717) is 29.3 Å². The second-order valence-electron chi connectivity index (χ2n) is 4.50. The van der Waals surface area contributed by atoms with Crippen LogP contribution in [0.2, 0.25) is 0 Å². The number of halogens is 1. The Labute approximate surface area is 131 Å². The number of benzene rings is 1. The topological polar surface area (TPSA) is 77.6 Å². The molecule has 0 amide bonds. The van der Waals surface area contributed by atoms with E-state index in [4.69, 9.17) is 15.2 Å². The first-order valence-electron chi connectivity index (χ1n) is 6.35. The van der Waals surface area contributed by atoms with Crippen LogP contribution in [0.5, 0.6) is 11.5 Å². The number of aliphatic hydroxyl groups excluding tert-OH is 1. The van der Waals surface area contributed by atoms with Crippen LogP contribution in [0.15, 0.2) is 34.9 Å². The SMILES string of the molecule is COc1cc(Br)c(C(O)Cc2cccnc2N)cc1OC. The van der Waals surface area contributed by atoms with Crippen molar-refractivity contribution in [3.63, 3.8) is 0 Å². The summed E-state index contributed by atoms with van der Waals surface area (Å²) in [4.78, 5) is 4.02. The molecule has 21 heavy (non-hydrogen) atoms. The van der Waals surface area contributed by atoms with Crippen molar-refractivity contribution in [3.8, 4) is 11.5 Å². The highest BCUT2D eigenvalue weighted by Crippen LogP contribution is 2.37. The van der Waals surface area contributed by atoms with Crippen LogP contribution in [-0.2, 0) is 6.42 Å². The molecule has 0 saturated carbocycles. The van der Waals surface area contributed by atoms with Crippen LogP contribution < -0.4 is 15.2 Å². The third kappa shape index (κ3) is 3.46. The van der Waals surface area contributed by atoms with Crippen molar-refractivity contribution < 1.29 is 14.6 Å². The van der Waals surface area contributed by atoms with Crippen molar-refractivity contribution in [2.24, 2.45) is 0 Å². The number of aliphatic hydroxyl groups is 1. The molecule has 1 unspecified atom stereocenters. The predicted molar refractivity (Wildman–Crippen MR) is 84.6 cm³/mol. The Hall–Kier alpha value is -1.79. The number of nitrogens with zero attached hydrogens (tertiary/aromatic N) is 1. The second-order valence-corrected chi connectivity index (χ2v) is 5.35. The lowest BCUT2D eigenvalue weighted by molar-refractivity contribution is 0.177. The summed E-state index contributed by atoms with van der Waals surface area (Å²) in [6.07, 6.45) is 1.26. The highest BCUT2D eigenvalue weighted by Gasteiger charge is 2.17. The molecule has 0 aliphatic rings. The maximum absolute atomic E-state index is 10.5. The van der Waals surface area contributed by atoms with Gasteiger partial charge in [-0.1, -0.05) is 22.0 Å². The highest BCUT2D eigenvalue weighted by molar-refractivity contribution is 9.10. The molecule has 3 N–H and O–H groups in total. The van der Waals surface area contributed by atoms with E-state index in [1.807, 2.05) is 6.07 Å². The van der Waals surface area contributed by atoms with Crippen LogP contribution in [0.4, 0.5) is 5.82 Å². The van der Waals surface area contributed by atoms with Crippen molar-refractivity contribution in [2.75, 3.05) is 20.0 Å². The molecule has 1 atom stereocenters. The van der Waals surface area contributed by atoms with Gasteiger partial charge in [0.15, 0.2) is 11.5 Å². The Morgan fingerprint density at radius 1 is 1.29 bits per heavy atom. The van der Waals surface area contributed by atoms with Gasteiger partial charge < -0.3 is 20.3 Å². The van der Waals surface area contributed by atoms with Gasteiger partial charge in [0.05, 0.1) is 20.3 Å². The zero-order chi connectivity index (χ0) is 15.4. The molecule has 1 aromatic carbocycles. The Morgan fingerprint density at radius 2 is 1.95 bits per heavy atom. The van der Waals surface area contributed by atoms with Gasteiger partial charge in [0.25, 0.3) is 0 Å². The van der Waals surface area contributed by atoms with Crippen LogP contribution in [0.25, 0.3) is 0 Å². The molecule has 0 aliphatic carbocycles. The van der Waals surface area contributed by atoms with E-state index in [9.17, 15) is 5.11 Å². The van der Waals surface area contributed by atoms with Gasteiger partial charge in [0.2, 0.25) is 0 Å². The fourth-order valence-corrected chi connectivity index (χ4v) is 2.65. The molecule has 2 rings (SSSR count). The first kappa shape index (κ1) is 15.6. The molecule has 0 spiro atoms. The van der Waals surface area contributed by atoms with Crippen LogP contribution >= 0.6 is 15.9 Å². The fraction of sp³-hybridized carbons (Fsp3) is 0.267. The van der Waals surface area contributed by atoms with Gasteiger partial charge in [0.1, 0.15) is 5.82 Å². The Kier molecular flexibility index (Phi) is 5.03. The number of rotatable bonds is 5. The van der Waals surface area contributed by atoms with Crippen LogP contribution in [0, 0.1) is 0 Å².